The molecule has 0 spiro atoms. The molecular formula is C21H29NO4. The van der Waals surface area contributed by atoms with E-state index in [0.717, 1.165) is 5.56 Å². The minimum atomic E-state index is -0.310. The van der Waals surface area contributed by atoms with Crippen molar-refractivity contribution >= 4 is 11.9 Å². The minimum Gasteiger partial charge on any atom is -0.461 e. The number of nitrogens with zero attached hydrogens (tertiary/aromatic N) is 1. The molecule has 0 saturated heterocycles. The van der Waals surface area contributed by atoms with E-state index in [9.17, 15) is 9.59 Å². The van der Waals surface area contributed by atoms with Gasteiger partial charge in [0, 0.05) is 19.6 Å². The Bertz CT molecular complexity index is 553. The van der Waals surface area contributed by atoms with Crippen LogP contribution in [0, 0.1) is 11.8 Å². The normalized spacial score (nSPS) is 12.9. The Balaban J connectivity index is 2.74. The van der Waals surface area contributed by atoms with Gasteiger partial charge in [0.2, 0.25) is 0 Å². The number of rotatable bonds is 12. The summed E-state index contributed by atoms with van der Waals surface area (Å²) in [6, 6.07) is 9.94. The molecule has 0 aliphatic heterocycles. The van der Waals surface area contributed by atoms with Crippen LogP contribution in [0.4, 0.5) is 0 Å². The Kier molecular flexibility index (Phi) is 10.0. The molecule has 0 fully saturated rings. The lowest BCUT2D eigenvalue weighted by atomic mass is 10.1. The Morgan fingerprint density at radius 3 is 1.85 bits per heavy atom. The first-order chi connectivity index (χ1) is 12.5. The average molecular weight is 359 g/mol. The Hall–Kier alpha value is -2.40. The third-order valence-corrected chi connectivity index (χ3v) is 3.80. The number of esters is 2. The van der Waals surface area contributed by atoms with Crippen LogP contribution in [0.15, 0.2) is 55.6 Å². The zero-order chi connectivity index (χ0) is 19.4. The van der Waals surface area contributed by atoms with Crippen LogP contribution in [0.1, 0.15) is 19.4 Å². The number of benzene rings is 1. The maximum Gasteiger partial charge on any atom is 0.310 e. The maximum atomic E-state index is 12.1. The highest BCUT2D eigenvalue weighted by Crippen LogP contribution is 2.12. The number of carbonyl (C=O) groups is 2. The number of hydrogen-bond donors (Lipinski definition) is 0. The monoisotopic (exact) mass is 359 g/mol. The molecule has 142 valence electrons. The second kappa shape index (κ2) is 12.0. The van der Waals surface area contributed by atoms with Crippen molar-refractivity contribution in [3.63, 3.8) is 0 Å². The average Bonchev–Trinajstić information content (AvgIpc) is 2.64. The molecule has 2 atom stereocenters. The molecule has 0 aromatic heterocycles. The van der Waals surface area contributed by atoms with Crippen LogP contribution in [0.5, 0.6) is 0 Å². The molecule has 5 nitrogen and oxygen atoms in total. The van der Waals surface area contributed by atoms with Crippen LogP contribution in [0.3, 0.4) is 0 Å². The molecule has 0 N–H and O–H groups in total. The van der Waals surface area contributed by atoms with E-state index in [-0.39, 0.29) is 37.0 Å². The fourth-order valence-corrected chi connectivity index (χ4v) is 2.54. The van der Waals surface area contributed by atoms with E-state index in [4.69, 9.17) is 9.47 Å². The van der Waals surface area contributed by atoms with Gasteiger partial charge in [0.25, 0.3) is 0 Å². The summed E-state index contributed by atoms with van der Waals surface area (Å²) < 4.78 is 10.2. The highest BCUT2D eigenvalue weighted by molar-refractivity contribution is 5.73. The van der Waals surface area contributed by atoms with E-state index in [0.29, 0.717) is 19.6 Å². The van der Waals surface area contributed by atoms with Gasteiger partial charge in [-0.25, -0.2) is 0 Å². The van der Waals surface area contributed by atoms with Crippen molar-refractivity contribution in [2.24, 2.45) is 11.8 Å². The highest BCUT2D eigenvalue weighted by Gasteiger charge is 2.23. The minimum absolute atomic E-state index is 0.201. The molecule has 5 heteroatoms. The first-order valence-corrected chi connectivity index (χ1v) is 8.79. The van der Waals surface area contributed by atoms with Gasteiger partial charge in [0.15, 0.2) is 0 Å². The summed E-state index contributed by atoms with van der Waals surface area (Å²) in [5, 5.41) is 0. The lowest BCUT2D eigenvalue weighted by Crippen LogP contribution is -2.37. The van der Waals surface area contributed by atoms with Crippen molar-refractivity contribution in [3.8, 4) is 0 Å². The van der Waals surface area contributed by atoms with Crippen LogP contribution < -0.4 is 0 Å². The molecule has 0 aliphatic rings. The largest absolute Gasteiger partial charge is 0.461 e. The molecule has 0 radical (unpaired) electrons. The van der Waals surface area contributed by atoms with Gasteiger partial charge in [-0.15, -0.1) is 0 Å². The molecule has 1 aromatic carbocycles. The first kappa shape index (κ1) is 21.6. The summed E-state index contributed by atoms with van der Waals surface area (Å²) in [5.74, 6) is -1.17. The quantitative estimate of drug-likeness (QED) is 0.424. The van der Waals surface area contributed by atoms with Gasteiger partial charge in [0.1, 0.15) is 13.2 Å². The predicted octanol–water partition coefficient (Wildman–Crippen LogP) is 3.22. The smallest absolute Gasteiger partial charge is 0.310 e. The second-order valence-corrected chi connectivity index (χ2v) is 6.32. The summed E-state index contributed by atoms with van der Waals surface area (Å²) >= 11 is 0. The van der Waals surface area contributed by atoms with Gasteiger partial charge in [-0.2, -0.15) is 0 Å². The second-order valence-electron chi connectivity index (χ2n) is 6.32. The summed E-state index contributed by atoms with van der Waals surface area (Å²) in [4.78, 5) is 26.2. The topological polar surface area (TPSA) is 55.8 Å². The Labute approximate surface area is 156 Å². The van der Waals surface area contributed by atoms with Gasteiger partial charge in [-0.3, -0.25) is 14.5 Å². The predicted molar refractivity (Wildman–Crippen MR) is 102 cm³/mol. The number of carbonyl (C=O) groups excluding carboxylic acids is 2. The van der Waals surface area contributed by atoms with Crippen LogP contribution in [-0.4, -0.2) is 43.1 Å². The van der Waals surface area contributed by atoms with Crippen molar-refractivity contribution in [1.82, 2.24) is 4.90 Å². The summed E-state index contributed by atoms with van der Waals surface area (Å²) in [6.07, 6.45) is 3.09. The molecule has 0 heterocycles. The summed E-state index contributed by atoms with van der Waals surface area (Å²) in [5.41, 5.74) is 1.12. The van der Waals surface area contributed by atoms with Crippen molar-refractivity contribution < 1.29 is 19.1 Å². The van der Waals surface area contributed by atoms with Gasteiger partial charge < -0.3 is 9.47 Å². The standard InChI is InChI=1S/C21H29NO4/c1-5-12-25-20(23)17(3)14-22(16-19-10-8-7-9-11-19)15-18(4)21(24)26-13-6-2/h5-11,17-18H,1-2,12-16H2,3-4H3. The molecular weight excluding hydrogens is 330 g/mol. The van der Waals surface area contributed by atoms with Crippen LogP contribution in [0.2, 0.25) is 0 Å². The van der Waals surface area contributed by atoms with Gasteiger partial charge in [-0.05, 0) is 5.56 Å². The lowest BCUT2D eigenvalue weighted by molar-refractivity contribution is -0.148. The highest BCUT2D eigenvalue weighted by atomic mass is 16.5. The third kappa shape index (κ3) is 8.12. The molecule has 0 amide bonds. The molecule has 0 saturated carbocycles. The SMILES string of the molecule is C=CCOC(=O)C(C)CN(Cc1ccccc1)CC(C)C(=O)OCC=C. The van der Waals surface area contributed by atoms with Gasteiger partial charge in [-0.1, -0.05) is 69.5 Å². The number of hydrogen-bond acceptors (Lipinski definition) is 5. The number of ether oxygens (including phenoxy) is 2. The van der Waals surface area contributed by atoms with E-state index in [1.807, 2.05) is 44.2 Å². The van der Waals surface area contributed by atoms with Crippen LogP contribution in [-0.2, 0) is 25.6 Å². The lowest BCUT2D eigenvalue weighted by Gasteiger charge is -2.27. The van der Waals surface area contributed by atoms with Crippen molar-refractivity contribution in [2.75, 3.05) is 26.3 Å². The fourth-order valence-electron chi connectivity index (χ4n) is 2.54. The Morgan fingerprint density at radius 2 is 1.42 bits per heavy atom. The fraction of sp³-hybridized carbons (Fsp3) is 0.429. The van der Waals surface area contributed by atoms with Crippen molar-refractivity contribution in [3.05, 3.63) is 61.2 Å². The van der Waals surface area contributed by atoms with E-state index in [2.05, 4.69) is 18.1 Å². The zero-order valence-electron chi connectivity index (χ0n) is 15.7. The summed E-state index contributed by atoms with van der Waals surface area (Å²) in [7, 11) is 0. The third-order valence-electron chi connectivity index (χ3n) is 3.80. The first-order valence-electron chi connectivity index (χ1n) is 8.79. The molecule has 1 aromatic rings. The van der Waals surface area contributed by atoms with E-state index in [1.165, 1.54) is 0 Å². The Morgan fingerprint density at radius 1 is 0.962 bits per heavy atom. The van der Waals surface area contributed by atoms with Gasteiger partial charge >= 0.3 is 11.9 Å². The van der Waals surface area contributed by atoms with Crippen molar-refractivity contribution in [1.29, 1.82) is 0 Å². The van der Waals surface area contributed by atoms with Crippen LogP contribution in [0.25, 0.3) is 0 Å². The van der Waals surface area contributed by atoms with E-state index >= 15 is 0 Å². The molecule has 1 rings (SSSR count). The molecule has 2 unspecified atom stereocenters. The van der Waals surface area contributed by atoms with Crippen molar-refractivity contribution in [2.45, 2.75) is 20.4 Å². The summed E-state index contributed by atoms with van der Waals surface area (Å²) in [6.45, 7) is 12.8. The van der Waals surface area contributed by atoms with Gasteiger partial charge in [0.05, 0.1) is 11.8 Å². The molecule has 0 bridgehead atoms. The zero-order valence-corrected chi connectivity index (χ0v) is 15.7. The molecule has 0 aliphatic carbocycles. The maximum absolute atomic E-state index is 12.1. The van der Waals surface area contributed by atoms with E-state index in [1.54, 1.807) is 12.2 Å². The van der Waals surface area contributed by atoms with E-state index < -0.39 is 0 Å². The van der Waals surface area contributed by atoms with Crippen LogP contribution >= 0.6 is 0 Å². The molecule has 26 heavy (non-hydrogen) atoms.